The van der Waals surface area contributed by atoms with Crippen molar-refractivity contribution in [1.29, 1.82) is 0 Å². The maximum absolute atomic E-state index is 12.1. The van der Waals surface area contributed by atoms with Crippen molar-refractivity contribution < 1.29 is 19.4 Å². The Kier molecular flexibility index (Phi) is 5.97. The zero-order chi connectivity index (χ0) is 22.7. The zero-order valence-electron chi connectivity index (χ0n) is 18.4. The Morgan fingerprint density at radius 2 is 1.66 bits per heavy atom. The second-order valence-electron chi connectivity index (χ2n) is 8.52. The lowest BCUT2D eigenvalue weighted by Gasteiger charge is -2.19. The molecule has 3 aromatic carbocycles. The Morgan fingerprint density at radius 3 is 2.38 bits per heavy atom. The van der Waals surface area contributed by atoms with Crippen molar-refractivity contribution in [2.45, 2.75) is 39.5 Å². The molecule has 164 valence electrons. The van der Waals surface area contributed by atoms with Crippen LogP contribution in [0.15, 0.2) is 72.8 Å². The van der Waals surface area contributed by atoms with Crippen LogP contribution in [0.5, 0.6) is 5.75 Å². The molecule has 0 spiro atoms. The van der Waals surface area contributed by atoms with Gasteiger partial charge in [-0.15, -0.1) is 0 Å². The molecule has 1 heterocycles. The van der Waals surface area contributed by atoms with Crippen LogP contribution in [0.4, 0.5) is 4.79 Å². The van der Waals surface area contributed by atoms with Gasteiger partial charge < -0.3 is 19.1 Å². The fraction of sp³-hybridized carbons (Fsp3) is 0.231. The molecule has 0 radical (unpaired) electrons. The standard InChI is InChI=1S/C26H26N2O4/c1-26(2,3)32-25(30)31-23-11-7-4-8-20(23)19-14-12-18(13-15-19)16-28-22-10-6-5-9-21(22)27-24(28)17-29/h4-15,29H,16-17H2,1-3H3. The molecular weight excluding hydrogens is 404 g/mol. The van der Waals surface area contributed by atoms with Crippen molar-refractivity contribution in [1.82, 2.24) is 9.55 Å². The van der Waals surface area contributed by atoms with E-state index >= 15 is 0 Å². The molecular formula is C26H26N2O4. The molecule has 0 saturated carbocycles. The summed E-state index contributed by atoms with van der Waals surface area (Å²) in [7, 11) is 0. The Balaban J connectivity index is 1.57. The summed E-state index contributed by atoms with van der Waals surface area (Å²) in [4.78, 5) is 16.6. The Morgan fingerprint density at radius 1 is 0.969 bits per heavy atom. The highest BCUT2D eigenvalue weighted by molar-refractivity contribution is 5.76. The van der Waals surface area contributed by atoms with Crippen LogP contribution in [0, 0.1) is 0 Å². The van der Waals surface area contributed by atoms with Crippen LogP contribution in [0.3, 0.4) is 0 Å². The third kappa shape index (κ3) is 4.81. The maximum atomic E-state index is 12.1. The van der Waals surface area contributed by atoms with Crippen molar-refractivity contribution in [3.8, 4) is 16.9 Å². The van der Waals surface area contributed by atoms with E-state index in [2.05, 4.69) is 4.98 Å². The molecule has 32 heavy (non-hydrogen) atoms. The van der Waals surface area contributed by atoms with Crippen LogP contribution in [0.2, 0.25) is 0 Å². The number of carbonyl (C=O) groups is 1. The topological polar surface area (TPSA) is 73.6 Å². The number of aromatic nitrogens is 2. The van der Waals surface area contributed by atoms with Crippen LogP contribution in [0.25, 0.3) is 22.2 Å². The van der Waals surface area contributed by atoms with Gasteiger partial charge >= 0.3 is 6.16 Å². The van der Waals surface area contributed by atoms with Crippen LogP contribution in [-0.4, -0.2) is 26.4 Å². The van der Waals surface area contributed by atoms with Crippen molar-refractivity contribution in [2.24, 2.45) is 0 Å². The second kappa shape index (κ2) is 8.85. The van der Waals surface area contributed by atoms with E-state index in [4.69, 9.17) is 9.47 Å². The molecule has 1 aromatic heterocycles. The molecule has 0 aliphatic rings. The molecule has 0 unspecified atom stereocenters. The van der Waals surface area contributed by atoms with E-state index in [0.29, 0.717) is 18.1 Å². The van der Waals surface area contributed by atoms with Crippen molar-refractivity contribution >= 4 is 17.2 Å². The molecule has 0 aliphatic carbocycles. The molecule has 0 fully saturated rings. The largest absolute Gasteiger partial charge is 0.514 e. The highest BCUT2D eigenvalue weighted by atomic mass is 16.7. The number of para-hydroxylation sites is 3. The first kappa shape index (κ1) is 21.6. The Hall–Kier alpha value is -3.64. The number of hydrogen-bond acceptors (Lipinski definition) is 5. The molecule has 6 nitrogen and oxygen atoms in total. The summed E-state index contributed by atoms with van der Waals surface area (Å²) in [6, 6.07) is 23.2. The monoisotopic (exact) mass is 430 g/mol. The number of nitrogens with zero attached hydrogens (tertiary/aromatic N) is 2. The van der Waals surface area contributed by atoms with Crippen LogP contribution < -0.4 is 4.74 Å². The Bertz CT molecular complexity index is 1240. The van der Waals surface area contributed by atoms with Gasteiger partial charge in [0.25, 0.3) is 0 Å². The number of ether oxygens (including phenoxy) is 2. The number of hydrogen-bond donors (Lipinski definition) is 1. The zero-order valence-corrected chi connectivity index (χ0v) is 18.4. The Labute approximate surface area is 187 Å². The summed E-state index contributed by atoms with van der Waals surface area (Å²) in [5, 5.41) is 9.73. The lowest BCUT2D eigenvalue weighted by atomic mass is 10.0. The summed E-state index contributed by atoms with van der Waals surface area (Å²) in [6.45, 7) is 5.86. The van der Waals surface area contributed by atoms with Crippen LogP contribution in [-0.2, 0) is 17.9 Å². The molecule has 0 aliphatic heterocycles. The molecule has 4 rings (SSSR count). The van der Waals surface area contributed by atoms with E-state index in [1.54, 1.807) is 26.8 Å². The summed E-state index contributed by atoms with van der Waals surface area (Å²) in [5.74, 6) is 1.07. The van der Waals surface area contributed by atoms with E-state index < -0.39 is 11.8 Å². The number of carbonyl (C=O) groups excluding carboxylic acids is 1. The molecule has 0 amide bonds. The summed E-state index contributed by atoms with van der Waals surface area (Å²) >= 11 is 0. The number of fused-ring (bicyclic) bond motifs is 1. The van der Waals surface area contributed by atoms with Crippen molar-refractivity contribution in [3.63, 3.8) is 0 Å². The number of aliphatic hydroxyl groups excluding tert-OH is 1. The predicted molar refractivity (Wildman–Crippen MR) is 123 cm³/mol. The minimum absolute atomic E-state index is 0.123. The molecule has 6 heteroatoms. The predicted octanol–water partition coefficient (Wildman–Crippen LogP) is 5.56. The van der Waals surface area contributed by atoms with Gasteiger partial charge in [0, 0.05) is 12.1 Å². The fourth-order valence-electron chi connectivity index (χ4n) is 3.55. The summed E-state index contributed by atoms with van der Waals surface area (Å²) in [5.41, 5.74) is 4.01. The molecule has 0 bridgehead atoms. The van der Waals surface area contributed by atoms with Gasteiger partial charge in [0.1, 0.15) is 23.8 Å². The highest BCUT2D eigenvalue weighted by Crippen LogP contribution is 2.31. The van der Waals surface area contributed by atoms with Gasteiger partial charge in [0.2, 0.25) is 0 Å². The van der Waals surface area contributed by atoms with Gasteiger partial charge in [0.15, 0.2) is 0 Å². The van der Waals surface area contributed by atoms with Crippen LogP contribution >= 0.6 is 0 Å². The normalized spacial score (nSPS) is 11.5. The SMILES string of the molecule is CC(C)(C)OC(=O)Oc1ccccc1-c1ccc(Cn2c(CO)nc3ccccc32)cc1. The average molecular weight is 431 g/mol. The van der Waals surface area contributed by atoms with E-state index in [1.165, 1.54) is 0 Å². The molecule has 1 N–H and O–H groups in total. The van der Waals surface area contributed by atoms with Gasteiger partial charge in [-0.05, 0) is 50.1 Å². The molecule has 0 saturated heterocycles. The van der Waals surface area contributed by atoms with E-state index in [0.717, 1.165) is 27.7 Å². The van der Waals surface area contributed by atoms with Crippen LogP contribution in [0.1, 0.15) is 32.2 Å². The van der Waals surface area contributed by atoms with Gasteiger partial charge in [-0.3, -0.25) is 0 Å². The van der Waals surface area contributed by atoms with Gasteiger partial charge in [-0.1, -0.05) is 54.6 Å². The smallest absolute Gasteiger partial charge is 0.428 e. The third-order valence-corrected chi connectivity index (χ3v) is 4.95. The van der Waals surface area contributed by atoms with E-state index in [-0.39, 0.29) is 6.61 Å². The van der Waals surface area contributed by atoms with Gasteiger partial charge in [-0.2, -0.15) is 0 Å². The first-order valence-electron chi connectivity index (χ1n) is 10.5. The summed E-state index contributed by atoms with van der Waals surface area (Å²) < 4.78 is 12.8. The van der Waals surface area contributed by atoms with E-state index in [9.17, 15) is 9.90 Å². The quantitative estimate of drug-likeness (QED) is 0.332. The van der Waals surface area contributed by atoms with Gasteiger partial charge in [-0.25, -0.2) is 9.78 Å². The second-order valence-corrected chi connectivity index (χ2v) is 8.52. The number of rotatable bonds is 5. The van der Waals surface area contributed by atoms with Crippen molar-refractivity contribution in [3.05, 3.63) is 84.2 Å². The lowest BCUT2D eigenvalue weighted by Crippen LogP contribution is -2.26. The fourth-order valence-corrected chi connectivity index (χ4v) is 3.55. The molecule has 4 aromatic rings. The highest BCUT2D eigenvalue weighted by Gasteiger charge is 2.19. The number of imidazole rings is 1. The minimum atomic E-state index is -0.731. The molecule has 0 atom stereocenters. The van der Waals surface area contributed by atoms with E-state index in [1.807, 2.05) is 71.3 Å². The maximum Gasteiger partial charge on any atom is 0.514 e. The lowest BCUT2D eigenvalue weighted by molar-refractivity contribution is 0.0207. The average Bonchev–Trinajstić information content (AvgIpc) is 3.11. The number of aliphatic hydroxyl groups is 1. The minimum Gasteiger partial charge on any atom is -0.428 e. The summed E-state index contributed by atoms with van der Waals surface area (Å²) in [6.07, 6.45) is -0.731. The van der Waals surface area contributed by atoms with Crippen molar-refractivity contribution in [2.75, 3.05) is 0 Å². The third-order valence-electron chi connectivity index (χ3n) is 4.95. The first-order chi connectivity index (χ1) is 15.3. The number of benzene rings is 3. The van der Waals surface area contributed by atoms with Gasteiger partial charge in [0.05, 0.1) is 11.0 Å². The first-order valence-corrected chi connectivity index (χ1v) is 10.5.